The fourth-order valence-corrected chi connectivity index (χ4v) is 0.950. The van der Waals surface area contributed by atoms with Gasteiger partial charge in [0.1, 0.15) is 0 Å². The van der Waals surface area contributed by atoms with Gasteiger partial charge < -0.3 is 5.73 Å². The predicted molar refractivity (Wildman–Crippen MR) is 50.0 cm³/mol. The van der Waals surface area contributed by atoms with Gasteiger partial charge in [0.2, 0.25) is 0 Å². The number of rotatable bonds is 3. The zero-order chi connectivity index (χ0) is 8.97. The Morgan fingerprint density at radius 2 is 2.17 bits per heavy atom. The average molecular weight is 164 g/mol. The molecule has 0 bridgehead atoms. The second-order valence-corrected chi connectivity index (χ2v) is 2.37. The Kier molecular flexibility index (Phi) is 2.71. The predicted octanol–water partition coefficient (Wildman–Crippen LogP) is 1.39. The number of benzene rings is 1. The van der Waals surface area contributed by atoms with Crippen LogP contribution in [0.2, 0.25) is 0 Å². The normalized spacial score (nSPS) is 9.42. The topological polar surface area (TPSA) is 47.3 Å². The molecule has 0 saturated heterocycles. The van der Waals surface area contributed by atoms with Gasteiger partial charge in [0.05, 0.1) is 12.8 Å². The highest BCUT2D eigenvalue weighted by Gasteiger charge is 2.00. The van der Waals surface area contributed by atoms with E-state index in [0.717, 1.165) is 5.56 Å². The number of nitrogens with one attached hydrogen (secondary N) is 1. The first-order chi connectivity index (χ1) is 5.75. The van der Waals surface area contributed by atoms with Gasteiger partial charge >= 0.3 is 0 Å². The molecule has 1 aromatic rings. The maximum atomic E-state index is 5.70. The summed E-state index contributed by atoms with van der Waals surface area (Å²) in [5.41, 5.74) is 10.5. The maximum Gasteiger partial charge on any atom is 0.0636 e. The second kappa shape index (κ2) is 3.78. The van der Waals surface area contributed by atoms with Gasteiger partial charge in [-0.05, 0) is 6.07 Å². The van der Waals surface area contributed by atoms with Crippen LogP contribution in [0.15, 0.2) is 30.8 Å². The molecule has 0 aliphatic carbocycles. The lowest BCUT2D eigenvalue weighted by Gasteiger charge is -2.08. The van der Waals surface area contributed by atoms with Gasteiger partial charge in [0.25, 0.3) is 0 Å². The number of anilines is 1. The largest absolute Gasteiger partial charge is 0.398 e. The van der Waals surface area contributed by atoms with Crippen LogP contribution in [0.4, 0.5) is 5.69 Å². The van der Waals surface area contributed by atoms with Gasteiger partial charge in [-0.3, -0.25) is 10.3 Å². The number of hydrogen-bond donors (Lipinski definition) is 2. The molecule has 0 fully saturated rings. The van der Waals surface area contributed by atoms with Crippen molar-refractivity contribution in [1.82, 2.24) is 5.48 Å². The van der Waals surface area contributed by atoms with Gasteiger partial charge in [-0.2, -0.15) is 0 Å². The van der Waals surface area contributed by atoms with Gasteiger partial charge in [-0.25, -0.2) is 0 Å². The van der Waals surface area contributed by atoms with Crippen molar-refractivity contribution >= 4 is 11.4 Å². The van der Waals surface area contributed by atoms with Crippen LogP contribution in [0.1, 0.15) is 5.56 Å². The Morgan fingerprint density at radius 3 is 2.75 bits per heavy atom. The van der Waals surface area contributed by atoms with E-state index in [-0.39, 0.29) is 0 Å². The molecule has 3 N–H and O–H groups in total. The molecule has 0 spiro atoms. The minimum Gasteiger partial charge on any atom is -0.398 e. The number of nitrogens with two attached hydrogens (primary N) is 1. The quantitative estimate of drug-likeness (QED) is 0.524. The van der Waals surface area contributed by atoms with Crippen LogP contribution in [-0.4, -0.2) is 7.11 Å². The van der Waals surface area contributed by atoms with E-state index in [2.05, 4.69) is 12.1 Å². The lowest BCUT2D eigenvalue weighted by atomic mass is 10.1. The summed E-state index contributed by atoms with van der Waals surface area (Å²) in [6.45, 7) is 3.76. The number of hydroxylamine groups is 1. The first-order valence-electron chi connectivity index (χ1n) is 3.58. The van der Waals surface area contributed by atoms with E-state index in [1.807, 2.05) is 24.3 Å². The molecule has 0 aliphatic rings. The van der Waals surface area contributed by atoms with Crippen LogP contribution >= 0.6 is 0 Å². The molecule has 0 aromatic heterocycles. The minimum atomic E-state index is 0.663. The Hall–Kier alpha value is -1.48. The van der Waals surface area contributed by atoms with Crippen molar-refractivity contribution < 1.29 is 4.84 Å². The summed E-state index contributed by atoms with van der Waals surface area (Å²) >= 11 is 0. The average Bonchev–Trinajstić information content (AvgIpc) is 2.05. The van der Waals surface area contributed by atoms with Crippen LogP contribution in [-0.2, 0) is 4.84 Å². The van der Waals surface area contributed by atoms with E-state index in [1.165, 1.54) is 7.11 Å². The van der Waals surface area contributed by atoms with Gasteiger partial charge in [0, 0.05) is 11.3 Å². The SMILES string of the molecule is C=C(NOC)c1ccccc1N. The molecule has 64 valence electrons. The molecular formula is C9H12N2O. The van der Waals surface area contributed by atoms with Crippen molar-refractivity contribution in [3.05, 3.63) is 36.4 Å². The highest BCUT2D eigenvalue weighted by molar-refractivity contribution is 5.71. The van der Waals surface area contributed by atoms with Gasteiger partial charge in [-0.15, -0.1) is 0 Å². The van der Waals surface area contributed by atoms with Crippen molar-refractivity contribution in [2.75, 3.05) is 12.8 Å². The molecule has 3 heteroatoms. The number of nitrogen functional groups attached to an aromatic ring is 1. The monoisotopic (exact) mass is 164 g/mol. The summed E-state index contributed by atoms with van der Waals surface area (Å²) in [6, 6.07) is 7.47. The summed E-state index contributed by atoms with van der Waals surface area (Å²) in [7, 11) is 1.53. The van der Waals surface area contributed by atoms with Crippen LogP contribution in [0.25, 0.3) is 5.70 Å². The van der Waals surface area contributed by atoms with E-state index < -0.39 is 0 Å². The van der Waals surface area contributed by atoms with Crippen molar-refractivity contribution in [1.29, 1.82) is 0 Å². The van der Waals surface area contributed by atoms with Crippen molar-refractivity contribution in [2.45, 2.75) is 0 Å². The highest BCUT2D eigenvalue weighted by atomic mass is 16.6. The maximum absolute atomic E-state index is 5.70. The van der Waals surface area contributed by atoms with Gasteiger partial charge in [-0.1, -0.05) is 24.8 Å². The molecule has 0 radical (unpaired) electrons. The summed E-state index contributed by atoms with van der Waals surface area (Å²) in [5, 5.41) is 0. The van der Waals surface area contributed by atoms with Crippen molar-refractivity contribution in [2.24, 2.45) is 0 Å². The molecule has 1 rings (SSSR count). The lowest BCUT2D eigenvalue weighted by Crippen LogP contribution is -2.10. The van der Waals surface area contributed by atoms with E-state index in [9.17, 15) is 0 Å². The molecule has 3 nitrogen and oxygen atoms in total. The molecule has 0 amide bonds. The number of para-hydroxylation sites is 1. The lowest BCUT2D eigenvalue weighted by molar-refractivity contribution is 0.137. The summed E-state index contributed by atoms with van der Waals surface area (Å²) in [5.74, 6) is 0. The molecule has 0 atom stereocenters. The van der Waals surface area contributed by atoms with E-state index in [1.54, 1.807) is 0 Å². The summed E-state index contributed by atoms with van der Waals surface area (Å²) in [6.07, 6.45) is 0. The molecule has 0 saturated carbocycles. The van der Waals surface area contributed by atoms with E-state index in [4.69, 9.17) is 10.6 Å². The molecule has 0 heterocycles. The molecular weight excluding hydrogens is 152 g/mol. The van der Waals surface area contributed by atoms with Crippen LogP contribution in [0.3, 0.4) is 0 Å². The standard InChI is InChI=1S/C9H12N2O/c1-7(11-12-2)8-5-3-4-6-9(8)10/h3-6,11H,1,10H2,2H3. The summed E-state index contributed by atoms with van der Waals surface area (Å²) in [4.78, 5) is 4.71. The molecule has 1 aromatic carbocycles. The summed E-state index contributed by atoms with van der Waals surface area (Å²) < 4.78 is 0. The molecule has 0 aliphatic heterocycles. The minimum absolute atomic E-state index is 0.663. The molecule has 0 unspecified atom stereocenters. The zero-order valence-electron chi connectivity index (χ0n) is 7.00. The van der Waals surface area contributed by atoms with Crippen molar-refractivity contribution in [3.8, 4) is 0 Å². The van der Waals surface area contributed by atoms with Crippen LogP contribution < -0.4 is 11.2 Å². The zero-order valence-corrected chi connectivity index (χ0v) is 7.00. The van der Waals surface area contributed by atoms with Crippen molar-refractivity contribution in [3.63, 3.8) is 0 Å². The van der Waals surface area contributed by atoms with E-state index >= 15 is 0 Å². The first-order valence-corrected chi connectivity index (χ1v) is 3.58. The molecule has 12 heavy (non-hydrogen) atoms. The first kappa shape index (κ1) is 8.62. The third-order valence-corrected chi connectivity index (χ3v) is 1.51. The van der Waals surface area contributed by atoms with Gasteiger partial charge in [0.15, 0.2) is 0 Å². The fraction of sp³-hybridized carbons (Fsp3) is 0.111. The highest BCUT2D eigenvalue weighted by Crippen LogP contribution is 2.16. The van der Waals surface area contributed by atoms with Crippen LogP contribution in [0.5, 0.6) is 0 Å². The Labute approximate surface area is 71.8 Å². The third-order valence-electron chi connectivity index (χ3n) is 1.51. The fourth-order valence-electron chi connectivity index (χ4n) is 0.950. The smallest absolute Gasteiger partial charge is 0.0636 e. The Bertz CT molecular complexity index is 284. The second-order valence-electron chi connectivity index (χ2n) is 2.37. The van der Waals surface area contributed by atoms with Crippen LogP contribution in [0, 0.1) is 0 Å². The Morgan fingerprint density at radius 1 is 1.50 bits per heavy atom. The number of hydrogen-bond acceptors (Lipinski definition) is 3. The Balaban J connectivity index is 2.87. The van der Waals surface area contributed by atoms with E-state index in [0.29, 0.717) is 11.4 Å². The third kappa shape index (κ3) is 1.77.